The molecule has 4 rings (SSSR count). The number of nitrogens with zero attached hydrogens (tertiary/aromatic N) is 2. The lowest BCUT2D eigenvalue weighted by Crippen LogP contribution is -2.31. The van der Waals surface area contributed by atoms with E-state index in [4.69, 9.17) is 10.1 Å². The van der Waals surface area contributed by atoms with E-state index >= 15 is 0 Å². The lowest BCUT2D eigenvalue weighted by atomic mass is 9.81. The number of nitriles is 1. The average Bonchev–Trinajstić information content (AvgIpc) is 3.19. The average molecular weight is 449 g/mol. The third-order valence-corrected chi connectivity index (χ3v) is 6.05. The van der Waals surface area contributed by atoms with Gasteiger partial charge in [0.15, 0.2) is 11.6 Å². The summed E-state index contributed by atoms with van der Waals surface area (Å²) in [7, 11) is 1.72. The van der Waals surface area contributed by atoms with Crippen LogP contribution in [0.4, 0.5) is 13.2 Å². The molecule has 0 bridgehead atoms. The minimum Gasteiger partial charge on any atom is -0.361 e. The predicted octanol–water partition coefficient (Wildman–Crippen LogP) is 5.49. The van der Waals surface area contributed by atoms with Gasteiger partial charge in [-0.2, -0.15) is 5.26 Å². The molecule has 0 spiro atoms. The van der Waals surface area contributed by atoms with Crippen LogP contribution in [0.15, 0.2) is 60.7 Å². The summed E-state index contributed by atoms with van der Waals surface area (Å²) in [6, 6.07) is 17.2. The topological polar surface area (TPSA) is 60.1 Å². The second-order valence-corrected chi connectivity index (χ2v) is 8.11. The number of amidine groups is 1. The maximum atomic E-state index is 13.6. The molecular formula is C26H22F3N3O. The van der Waals surface area contributed by atoms with Gasteiger partial charge in [0.05, 0.1) is 18.2 Å². The molecule has 0 aromatic heterocycles. The van der Waals surface area contributed by atoms with Gasteiger partial charge in [-0.05, 0) is 72.0 Å². The highest BCUT2D eigenvalue weighted by atomic mass is 19.2. The summed E-state index contributed by atoms with van der Waals surface area (Å²) < 4.78 is 46.7. The van der Waals surface area contributed by atoms with Crippen LogP contribution in [0, 0.1) is 34.2 Å². The van der Waals surface area contributed by atoms with Gasteiger partial charge in [0, 0.05) is 19.2 Å². The number of hydrogen-bond acceptors (Lipinski definition) is 3. The Kier molecular flexibility index (Phi) is 6.21. The molecule has 1 heterocycles. The van der Waals surface area contributed by atoms with Gasteiger partial charge in [-0.1, -0.05) is 18.2 Å². The van der Waals surface area contributed by atoms with Gasteiger partial charge in [0.25, 0.3) is 0 Å². The first-order valence-corrected chi connectivity index (χ1v) is 10.5. The summed E-state index contributed by atoms with van der Waals surface area (Å²) in [5, 5.41) is 17.5. The Labute approximate surface area is 190 Å². The maximum absolute atomic E-state index is 13.6. The third-order valence-electron chi connectivity index (χ3n) is 6.05. The summed E-state index contributed by atoms with van der Waals surface area (Å²) in [5.41, 5.74) is 2.70. The molecule has 3 aromatic carbocycles. The highest BCUT2D eigenvalue weighted by Gasteiger charge is 2.41. The van der Waals surface area contributed by atoms with Crippen LogP contribution in [0.1, 0.15) is 40.7 Å². The van der Waals surface area contributed by atoms with Crippen molar-refractivity contribution < 1.29 is 17.9 Å². The summed E-state index contributed by atoms with van der Waals surface area (Å²) in [6.07, 6.45) is 1.16. The molecule has 1 aliphatic rings. The van der Waals surface area contributed by atoms with Gasteiger partial charge >= 0.3 is 0 Å². The molecule has 3 aromatic rings. The molecule has 0 saturated heterocycles. The predicted molar refractivity (Wildman–Crippen MR) is 118 cm³/mol. The normalized spacial score (nSPS) is 16.8. The molecule has 4 nitrogen and oxygen atoms in total. The first-order valence-electron chi connectivity index (χ1n) is 10.5. The van der Waals surface area contributed by atoms with Crippen molar-refractivity contribution in [1.29, 1.82) is 10.7 Å². The Bertz CT molecular complexity index is 1240. The number of rotatable bonds is 6. The minimum absolute atomic E-state index is 0.0798. The van der Waals surface area contributed by atoms with E-state index in [0.29, 0.717) is 31.6 Å². The number of hydrogen-bond donors (Lipinski definition) is 1. The molecule has 1 atom stereocenters. The van der Waals surface area contributed by atoms with Gasteiger partial charge in [0.1, 0.15) is 17.3 Å². The second kappa shape index (κ2) is 9.08. The van der Waals surface area contributed by atoms with Gasteiger partial charge in [-0.25, -0.2) is 13.2 Å². The summed E-state index contributed by atoms with van der Waals surface area (Å²) >= 11 is 0. The van der Waals surface area contributed by atoms with Crippen molar-refractivity contribution in [1.82, 2.24) is 4.90 Å². The molecule has 1 unspecified atom stereocenters. The largest absolute Gasteiger partial charge is 0.361 e. The van der Waals surface area contributed by atoms with Gasteiger partial charge in [-0.3, -0.25) is 5.41 Å². The highest BCUT2D eigenvalue weighted by molar-refractivity contribution is 5.96. The zero-order valence-corrected chi connectivity index (χ0v) is 18.0. The SMILES string of the molecule is CN(CCCC1(c2ccc(F)cc2)OCc2cc(C#N)ccc21)C(=N)c1ccc(F)c(F)c1. The Hall–Kier alpha value is -3.63. The van der Waals surface area contributed by atoms with Gasteiger partial charge in [-0.15, -0.1) is 0 Å². The zero-order chi connectivity index (χ0) is 23.6. The maximum Gasteiger partial charge on any atom is 0.159 e. The summed E-state index contributed by atoms with van der Waals surface area (Å²) in [5.74, 6) is -2.21. The number of ether oxygens (including phenoxy) is 1. The Morgan fingerprint density at radius 2 is 1.82 bits per heavy atom. The minimum atomic E-state index is -0.992. The molecule has 0 radical (unpaired) electrons. The van der Waals surface area contributed by atoms with E-state index in [9.17, 15) is 18.4 Å². The van der Waals surface area contributed by atoms with E-state index in [-0.39, 0.29) is 17.2 Å². The van der Waals surface area contributed by atoms with Crippen LogP contribution in [-0.4, -0.2) is 24.3 Å². The van der Waals surface area contributed by atoms with Crippen LogP contribution >= 0.6 is 0 Å². The van der Waals surface area contributed by atoms with Crippen LogP contribution in [0.5, 0.6) is 0 Å². The number of fused-ring (bicyclic) bond motifs is 1. The lowest BCUT2D eigenvalue weighted by molar-refractivity contribution is -0.0136. The van der Waals surface area contributed by atoms with Crippen molar-refractivity contribution >= 4 is 5.84 Å². The van der Waals surface area contributed by atoms with Crippen molar-refractivity contribution in [3.05, 3.63) is 106 Å². The third kappa shape index (κ3) is 4.35. The molecule has 1 aliphatic heterocycles. The molecule has 1 N–H and O–H groups in total. The van der Waals surface area contributed by atoms with Gasteiger partial charge in [0.2, 0.25) is 0 Å². The van der Waals surface area contributed by atoms with E-state index in [1.54, 1.807) is 30.1 Å². The fraction of sp³-hybridized carbons (Fsp3) is 0.231. The van der Waals surface area contributed by atoms with Crippen LogP contribution in [0.2, 0.25) is 0 Å². The molecule has 0 fully saturated rings. The molecule has 168 valence electrons. The number of nitrogens with one attached hydrogen (secondary N) is 1. The van der Waals surface area contributed by atoms with E-state index in [0.717, 1.165) is 28.8 Å². The van der Waals surface area contributed by atoms with Crippen molar-refractivity contribution in [2.24, 2.45) is 0 Å². The number of benzene rings is 3. The zero-order valence-electron chi connectivity index (χ0n) is 18.0. The molecule has 0 aliphatic carbocycles. The van der Waals surface area contributed by atoms with Crippen LogP contribution in [0.3, 0.4) is 0 Å². The van der Waals surface area contributed by atoms with E-state index in [1.165, 1.54) is 18.2 Å². The van der Waals surface area contributed by atoms with Crippen LogP contribution in [0.25, 0.3) is 0 Å². The highest BCUT2D eigenvalue weighted by Crippen LogP contribution is 2.45. The van der Waals surface area contributed by atoms with Gasteiger partial charge < -0.3 is 9.64 Å². The summed E-state index contributed by atoms with van der Waals surface area (Å²) in [4.78, 5) is 1.67. The molecule has 0 amide bonds. The van der Waals surface area contributed by atoms with Crippen molar-refractivity contribution in [2.45, 2.75) is 25.0 Å². The molecule has 7 heteroatoms. The fourth-order valence-electron chi connectivity index (χ4n) is 4.31. The number of halogens is 3. The molecule has 0 saturated carbocycles. The molecular weight excluding hydrogens is 427 g/mol. The fourth-order valence-corrected chi connectivity index (χ4v) is 4.31. The van der Waals surface area contributed by atoms with Crippen LogP contribution < -0.4 is 0 Å². The van der Waals surface area contributed by atoms with Crippen molar-refractivity contribution in [3.63, 3.8) is 0 Å². The van der Waals surface area contributed by atoms with Crippen molar-refractivity contribution in [2.75, 3.05) is 13.6 Å². The first kappa shape index (κ1) is 22.6. The molecule has 33 heavy (non-hydrogen) atoms. The Morgan fingerprint density at radius 1 is 1.06 bits per heavy atom. The Balaban J connectivity index is 1.55. The van der Waals surface area contributed by atoms with E-state index in [2.05, 4.69) is 6.07 Å². The monoisotopic (exact) mass is 449 g/mol. The second-order valence-electron chi connectivity index (χ2n) is 8.11. The standard InChI is InChI=1S/C26H22F3N3O/c1-32(25(31)18-4-10-23(28)24(29)14-18)12-2-11-26(20-5-7-21(27)8-6-20)22-9-3-17(15-30)13-19(22)16-33-26/h3-10,13-14,31H,2,11-12,16H2,1H3. The van der Waals surface area contributed by atoms with E-state index < -0.39 is 17.2 Å². The lowest BCUT2D eigenvalue weighted by Gasteiger charge is -2.31. The van der Waals surface area contributed by atoms with Crippen molar-refractivity contribution in [3.8, 4) is 6.07 Å². The van der Waals surface area contributed by atoms with Crippen LogP contribution in [-0.2, 0) is 16.9 Å². The smallest absolute Gasteiger partial charge is 0.159 e. The quantitative estimate of drug-likeness (QED) is 0.400. The Morgan fingerprint density at radius 3 is 2.52 bits per heavy atom. The summed E-state index contributed by atoms with van der Waals surface area (Å²) in [6.45, 7) is 0.804. The first-order chi connectivity index (χ1) is 15.8. The van der Waals surface area contributed by atoms with E-state index in [1.807, 2.05) is 12.1 Å².